The lowest BCUT2D eigenvalue weighted by atomic mass is 10.4. The molecule has 15 heavy (non-hydrogen) atoms. The zero-order valence-corrected chi connectivity index (χ0v) is 9.57. The summed E-state index contributed by atoms with van der Waals surface area (Å²) in [7, 11) is 0. The third-order valence-corrected chi connectivity index (χ3v) is 2.21. The van der Waals surface area contributed by atoms with Gasteiger partial charge in [0, 0.05) is 23.8 Å². The van der Waals surface area contributed by atoms with E-state index in [1.807, 2.05) is 6.07 Å². The molecule has 1 rings (SSSR count). The van der Waals surface area contributed by atoms with E-state index in [9.17, 15) is 4.79 Å². The van der Waals surface area contributed by atoms with Gasteiger partial charge in [-0.05, 0) is 28.1 Å². The van der Waals surface area contributed by atoms with Crippen molar-refractivity contribution in [2.75, 3.05) is 18.0 Å². The number of halogens is 1. The van der Waals surface area contributed by atoms with Crippen LogP contribution in [-0.2, 0) is 4.79 Å². The average Bonchev–Trinajstić information content (AvgIpc) is 2.26. The Hall–Kier alpha value is -1.43. The van der Waals surface area contributed by atoms with E-state index in [2.05, 4.69) is 26.2 Å². The summed E-state index contributed by atoms with van der Waals surface area (Å²) in [6.45, 7) is 1.01. The van der Waals surface area contributed by atoms with E-state index >= 15 is 0 Å². The maximum Gasteiger partial charge on any atom is 0.207 e. The number of hydrogen-bond donors (Lipinski definition) is 2. The molecule has 80 valence electrons. The van der Waals surface area contributed by atoms with Gasteiger partial charge in [0.05, 0.1) is 6.34 Å². The van der Waals surface area contributed by atoms with Crippen molar-refractivity contribution in [2.45, 2.75) is 0 Å². The summed E-state index contributed by atoms with van der Waals surface area (Å²) in [5.41, 5.74) is 0. The molecule has 1 amide bonds. The lowest BCUT2D eigenvalue weighted by Gasteiger charge is -2.17. The summed E-state index contributed by atoms with van der Waals surface area (Å²) in [6, 6.07) is 3.65. The van der Waals surface area contributed by atoms with Crippen molar-refractivity contribution >= 4 is 34.5 Å². The molecule has 0 aliphatic carbocycles. The van der Waals surface area contributed by atoms with Gasteiger partial charge >= 0.3 is 0 Å². The maximum absolute atomic E-state index is 10.0. The topological polar surface area (TPSA) is 69.1 Å². The zero-order chi connectivity index (χ0) is 11.1. The molecular weight excluding hydrogens is 260 g/mol. The fourth-order valence-corrected chi connectivity index (χ4v) is 1.26. The highest BCUT2D eigenvalue weighted by atomic mass is 79.9. The van der Waals surface area contributed by atoms with Crippen molar-refractivity contribution in [3.63, 3.8) is 0 Å². The number of hydrogen-bond acceptors (Lipinski definition) is 3. The van der Waals surface area contributed by atoms with Crippen molar-refractivity contribution < 1.29 is 4.79 Å². The Bertz CT molecular complexity index is 327. The lowest BCUT2D eigenvalue weighted by Crippen LogP contribution is -2.30. The highest BCUT2D eigenvalue weighted by Gasteiger charge is 2.03. The molecule has 2 N–H and O–H groups in total. The van der Waals surface area contributed by atoms with E-state index in [-0.39, 0.29) is 0 Å². The molecule has 1 aromatic heterocycles. The third-order valence-electron chi connectivity index (χ3n) is 1.74. The number of amides is 1. The molecule has 0 radical (unpaired) electrons. The van der Waals surface area contributed by atoms with Crippen molar-refractivity contribution in [1.29, 1.82) is 5.41 Å². The molecule has 0 spiro atoms. The molecule has 0 aliphatic heterocycles. The van der Waals surface area contributed by atoms with E-state index in [1.165, 1.54) is 6.34 Å². The minimum absolute atomic E-state index is 0.483. The summed E-state index contributed by atoms with van der Waals surface area (Å²) < 4.78 is 0.891. The first-order chi connectivity index (χ1) is 7.27. The van der Waals surface area contributed by atoms with E-state index in [0.29, 0.717) is 25.3 Å². The van der Waals surface area contributed by atoms with Crippen LogP contribution in [0.1, 0.15) is 0 Å². The van der Waals surface area contributed by atoms with Crippen LogP contribution in [0.25, 0.3) is 0 Å². The van der Waals surface area contributed by atoms with Gasteiger partial charge in [-0.15, -0.1) is 0 Å². The van der Waals surface area contributed by atoms with Crippen LogP contribution in [0.15, 0.2) is 22.8 Å². The van der Waals surface area contributed by atoms with Gasteiger partial charge < -0.3 is 10.2 Å². The number of carbonyl (C=O) groups excluding carboxylic acids is 1. The Balaban J connectivity index is 2.61. The van der Waals surface area contributed by atoms with Gasteiger partial charge in [0.2, 0.25) is 6.41 Å². The van der Waals surface area contributed by atoms with Crippen LogP contribution in [0, 0.1) is 5.41 Å². The fourth-order valence-electron chi connectivity index (χ4n) is 1.03. The van der Waals surface area contributed by atoms with Gasteiger partial charge in [0.1, 0.15) is 5.82 Å². The molecule has 0 saturated heterocycles. The number of aromatic nitrogens is 1. The van der Waals surface area contributed by atoms with Crippen LogP contribution < -0.4 is 10.2 Å². The van der Waals surface area contributed by atoms with Crippen LogP contribution in [0.2, 0.25) is 0 Å². The SMILES string of the molecule is N=CN(CCNC=O)c1ccc(Br)cn1. The summed E-state index contributed by atoms with van der Waals surface area (Å²) in [5.74, 6) is 0.681. The molecule has 0 aromatic carbocycles. The van der Waals surface area contributed by atoms with E-state index < -0.39 is 0 Å². The Labute approximate surface area is 96.1 Å². The summed E-state index contributed by atoms with van der Waals surface area (Å²) in [5, 5.41) is 9.75. The first-order valence-corrected chi connectivity index (χ1v) is 5.13. The Morgan fingerprint density at radius 3 is 2.93 bits per heavy atom. The Morgan fingerprint density at radius 2 is 2.40 bits per heavy atom. The molecule has 0 bridgehead atoms. The standard InChI is InChI=1S/C9H11BrN4O/c10-8-1-2-9(13-5-8)14(6-11)4-3-12-7-15/h1-2,5-7,11H,3-4H2,(H,12,15). The number of nitrogens with zero attached hydrogens (tertiary/aromatic N) is 2. The molecular formula is C9H11BrN4O. The van der Waals surface area contributed by atoms with Crippen LogP contribution in [-0.4, -0.2) is 30.8 Å². The molecule has 0 unspecified atom stereocenters. The molecule has 0 fully saturated rings. The Kier molecular flexibility index (Phi) is 4.76. The van der Waals surface area contributed by atoms with Crippen molar-refractivity contribution in [1.82, 2.24) is 10.3 Å². The highest BCUT2D eigenvalue weighted by molar-refractivity contribution is 9.10. The van der Waals surface area contributed by atoms with Gasteiger partial charge in [-0.1, -0.05) is 0 Å². The average molecular weight is 271 g/mol. The van der Waals surface area contributed by atoms with Crippen LogP contribution >= 0.6 is 15.9 Å². The maximum atomic E-state index is 10.0. The summed E-state index contributed by atoms with van der Waals surface area (Å²) in [4.78, 5) is 15.8. The second-order valence-electron chi connectivity index (χ2n) is 2.73. The molecule has 5 nitrogen and oxygen atoms in total. The van der Waals surface area contributed by atoms with Crippen molar-refractivity contribution in [3.8, 4) is 0 Å². The van der Waals surface area contributed by atoms with Crippen molar-refractivity contribution in [2.24, 2.45) is 0 Å². The first kappa shape index (κ1) is 11.6. The normalized spacial score (nSPS) is 9.40. The van der Waals surface area contributed by atoms with Gasteiger partial charge in [-0.25, -0.2) is 4.98 Å². The minimum atomic E-state index is 0.483. The van der Waals surface area contributed by atoms with Crippen LogP contribution in [0.5, 0.6) is 0 Å². The van der Waals surface area contributed by atoms with Crippen LogP contribution in [0.3, 0.4) is 0 Å². The molecule has 0 atom stereocenters. The second-order valence-corrected chi connectivity index (χ2v) is 3.64. The number of rotatable bonds is 6. The number of carbonyl (C=O) groups is 1. The smallest absolute Gasteiger partial charge is 0.207 e. The van der Waals surface area contributed by atoms with E-state index in [1.54, 1.807) is 17.2 Å². The van der Waals surface area contributed by atoms with Gasteiger partial charge in [0.25, 0.3) is 0 Å². The first-order valence-electron chi connectivity index (χ1n) is 4.33. The molecule has 0 aliphatic rings. The van der Waals surface area contributed by atoms with E-state index in [0.717, 1.165) is 4.47 Å². The quantitative estimate of drug-likeness (QED) is 0.351. The lowest BCUT2D eigenvalue weighted by molar-refractivity contribution is -0.109. The van der Waals surface area contributed by atoms with Crippen molar-refractivity contribution in [3.05, 3.63) is 22.8 Å². The van der Waals surface area contributed by atoms with Gasteiger partial charge in [-0.3, -0.25) is 10.2 Å². The number of anilines is 1. The Morgan fingerprint density at radius 1 is 1.60 bits per heavy atom. The fraction of sp³-hybridized carbons (Fsp3) is 0.222. The molecule has 6 heteroatoms. The van der Waals surface area contributed by atoms with Gasteiger partial charge in [0.15, 0.2) is 0 Å². The minimum Gasteiger partial charge on any atom is -0.357 e. The van der Waals surface area contributed by atoms with E-state index in [4.69, 9.17) is 5.41 Å². The highest BCUT2D eigenvalue weighted by Crippen LogP contribution is 2.13. The predicted molar refractivity (Wildman–Crippen MR) is 62.1 cm³/mol. The zero-order valence-electron chi connectivity index (χ0n) is 7.98. The second kappa shape index (κ2) is 6.13. The molecule has 0 saturated carbocycles. The molecule has 1 heterocycles. The predicted octanol–water partition coefficient (Wildman–Crippen LogP) is 1.00. The van der Waals surface area contributed by atoms with Crippen LogP contribution in [0.4, 0.5) is 5.82 Å². The molecule has 1 aromatic rings. The largest absolute Gasteiger partial charge is 0.357 e. The number of nitrogens with one attached hydrogen (secondary N) is 2. The monoisotopic (exact) mass is 270 g/mol. The third kappa shape index (κ3) is 3.67. The number of pyridine rings is 1. The summed E-state index contributed by atoms with van der Waals surface area (Å²) in [6.07, 6.45) is 3.48. The summed E-state index contributed by atoms with van der Waals surface area (Å²) >= 11 is 3.28. The van der Waals surface area contributed by atoms with Gasteiger partial charge in [-0.2, -0.15) is 0 Å².